The van der Waals surface area contributed by atoms with Gasteiger partial charge in [-0.15, -0.1) is 0 Å². The molecule has 0 saturated carbocycles. The maximum absolute atomic E-state index is 12.4. The van der Waals surface area contributed by atoms with Gasteiger partial charge in [0, 0.05) is 12.8 Å². The van der Waals surface area contributed by atoms with E-state index < -0.39 is 12.1 Å². The van der Waals surface area contributed by atoms with Gasteiger partial charge in [0.1, 0.15) is 0 Å². The Kier molecular flexibility index (Phi) is 52.1. The van der Waals surface area contributed by atoms with E-state index in [4.69, 9.17) is 4.74 Å². The van der Waals surface area contributed by atoms with Crippen LogP contribution in [0.25, 0.3) is 0 Å². The molecular formula is C58H109NO5. The van der Waals surface area contributed by atoms with E-state index in [0.29, 0.717) is 19.4 Å². The number of aliphatic hydroxyl groups is 2. The second-order valence-corrected chi connectivity index (χ2v) is 19.3. The molecule has 0 radical (unpaired) electrons. The van der Waals surface area contributed by atoms with Gasteiger partial charge in [-0.3, -0.25) is 9.59 Å². The Hall–Kier alpha value is -1.92. The van der Waals surface area contributed by atoms with Crippen molar-refractivity contribution in [1.29, 1.82) is 0 Å². The fourth-order valence-electron chi connectivity index (χ4n) is 8.50. The Morgan fingerprint density at radius 3 is 1.11 bits per heavy atom. The predicted molar refractivity (Wildman–Crippen MR) is 278 cm³/mol. The minimum Gasteiger partial charge on any atom is -0.466 e. The molecule has 0 aromatic rings. The number of unbranched alkanes of at least 4 members (excludes halogenated alkanes) is 37. The summed E-state index contributed by atoms with van der Waals surface area (Å²) in [5.41, 5.74) is 0. The van der Waals surface area contributed by atoms with E-state index in [0.717, 1.165) is 70.6 Å². The standard InChI is InChI=1S/C58H109NO5/c1-3-5-7-9-11-13-15-17-19-20-24-28-32-36-40-44-48-52-58(63)64-53-49-45-41-37-33-29-25-21-23-27-31-35-39-43-47-51-57(62)59-55(54-60)56(61)50-46-42-38-34-30-26-22-18-16-14-12-10-8-6-4-2/h17,19,25,29,46,50,55-56,60-61H,3-16,18,20-24,26-28,30-45,47-49,51-54H2,1-2H3,(H,59,62)/b19-17-,29-25-,50-46+. The number of ether oxygens (including phenoxy) is 1. The van der Waals surface area contributed by atoms with E-state index >= 15 is 0 Å². The summed E-state index contributed by atoms with van der Waals surface area (Å²) in [5.74, 6) is -0.0978. The third-order valence-electron chi connectivity index (χ3n) is 12.9. The SMILES string of the molecule is CCCCCCCC/C=C\CCCCCCCCCC(=O)OCCCCCC/C=C\CCCCCCCCCC(=O)NC(CO)C(O)/C=C/CCCCCCCCCCCCCCC. The van der Waals surface area contributed by atoms with Crippen molar-refractivity contribution in [1.82, 2.24) is 5.32 Å². The van der Waals surface area contributed by atoms with Crippen molar-refractivity contribution in [3.8, 4) is 0 Å². The molecule has 6 nitrogen and oxygen atoms in total. The van der Waals surface area contributed by atoms with Crippen molar-refractivity contribution in [3.63, 3.8) is 0 Å². The van der Waals surface area contributed by atoms with Gasteiger partial charge in [-0.05, 0) is 83.5 Å². The fraction of sp³-hybridized carbons (Fsp3) is 0.862. The molecule has 0 rings (SSSR count). The highest BCUT2D eigenvalue weighted by atomic mass is 16.5. The van der Waals surface area contributed by atoms with Crippen molar-refractivity contribution in [2.45, 2.75) is 309 Å². The summed E-state index contributed by atoms with van der Waals surface area (Å²) in [5, 5.41) is 23.1. The van der Waals surface area contributed by atoms with E-state index in [1.807, 2.05) is 6.08 Å². The largest absolute Gasteiger partial charge is 0.466 e. The van der Waals surface area contributed by atoms with Crippen molar-refractivity contribution >= 4 is 11.9 Å². The molecule has 0 aliphatic rings. The summed E-state index contributed by atoms with van der Waals surface area (Å²) in [6.45, 7) is 4.86. The average Bonchev–Trinajstić information content (AvgIpc) is 3.29. The van der Waals surface area contributed by atoms with Crippen LogP contribution in [0.1, 0.15) is 296 Å². The molecule has 0 fully saturated rings. The van der Waals surface area contributed by atoms with Crippen LogP contribution in [0.15, 0.2) is 36.5 Å². The zero-order valence-electron chi connectivity index (χ0n) is 42.8. The molecule has 2 atom stereocenters. The lowest BCUT2D eigenvalue weighted by molar-refractivity contribution is -0.143. The minimum absolute atomic E-state index is 0.0148. The van der Waals surface area contributed by atoms with Crippen molar-refractivity contribution in [3.05, 3.63) is 36.5 Å². The van der Waals surface area contributed by atoms with Gasteiger partial charge < -0.3 is 20.3 Å². The lowest BCUT2D eigenvalue weighted by Crippen LogP contribution is -2.45. The van der Waals surface area contributed by atoms with Crippen LogP contribution in [0, 0.1) is 0 Å². The van der Waals surface area contributed by atoms with Gasteiger partial charge in [0.25, 0.3) is 0 Å². The highest BCUT2D eigenvalue weighted by Crippen LogP contribution is 2.16. The predicted octanol–water partition coefficient (Wildman–Crippen LogP) is 17.2. The summed E-state index contributed by atoms with van der Waals surface area (Å²) < 4.78 is 5.47. The van der Waals surface area contributed by atoms with E-state index in [2.05, 4.69) is 43.5 Å². The summed E-state index contributed by atoms with van der Waals surface area (Å²) in [7, 11) is 0. The number of carbonyl (C=O) groups is 2. The van der Waals surface area contributed by atoms with Gasteiger partial charge >= 0.3 is 5.97 Å². The van der Waals surface area contributed by atoms with Crippen LogP contribution in [0.3, 0.4) is 0 Å². The van der Waals surface area contributed by atoms with Gasteiger partial charge in [0.05, 0.1) is 25.4 Å². The molecule has 0 aliphatic heterocycles. The molecule has 6 heteroatoms. The Morgan fingerprint density at radius 2 is 0.734 bits per heavy atom. The zero-order chi connectivity index (χ0) is 46.5. The average molecular weight is 901 g/mol. The number of allylic oxidation sites excluding steroid dienone is 5. The maximum Gasteiger partial charge on any atom is 0.305 e. The van der Waals surface area contributed by atoms with Crippen LogP contribution in [0.5, 0.6) is 0 Å². The van der Waals surface area contributed by atoms with Crippen LogP contribution in [-0.2, 0) is 14.3 Å². The van der Waals surface area contributed by atoms with Crippen LogP contribution >= 0.6 is 0 Å². The Bertz CT molecular complexity index is 1040. The van der Waals surface area contributed by atoms with Gasteiger partial charge in [-0.2, -0.15) is 0 Å². The first-order valence-corrected chi connectivity index (χ1v) is 28.3. The molecule has 64 heavy (non-hydrogen) atoms. The molecule has 0 heterocycles. The summed E-state index contributed by atoms with van der Waals surface area (Å²) >= 11 is 0. The first kappa shape index (κ1) is 62.1. The zero-order valence-corrected chi connectivity index (χ0v) is 42.8. The number of hydrogen-bond donors (Lipinski definition) is 3. The number of nitrogens with one attached hydrogen (secondary N) is 1. The molecule has 0 aromatic heterocycles. The molecule has 0 saturated heterocycles. The van der Waals surface area contributed by atoms with Crippen molar-refractivity contribution in [2.75, 3.05) is 13.2 Å². The van der Waals surface area contributed by atoms with Crippen LogP contribution in [0.2, 0.25) is 0 Å². The molecular weight excluding hydrogens is 791 g/mol. The van der Waals surface area contributed by atoms with E-state index in [1.165, 1.54) is 199 Å². The summed E-state index contributed by atoms with van der Waals surface area (Å²) in [4.78, 5) is 24.5. The van der Waals surface area contributed by atoms with Gasteiger partial charge in [0.15, 0.2) is 0 Å². The normalized spacial score (nSPS) is 12.9. The number of rotatable bonds is 52. The van der Waals surface area contributed by atoms with E-state index in [-0.39, 0.29) is 18.5 Å². The highest BCUT2D eigenvalue weighted by Gasteiger charge is 2.18. The number of esters is 1. The molecule has 376 valence electrons. The molecule has 0 spiro atoms. The molecule has 0 aromatic carbocycles. The number of hydrogen-bond acceptors (Lipinski definition) is 5. The molecule has 2 unspecified atom stereocenters. The third kappa shape index (κ3) is 49.5. The molecule has 0 bridgehead atoms. The lowest BCUT2D eigenvalue weighted by Gasteiger charge is -2.20. The summed E-state index contributed by atoms with van der Waals surface area (Å²) in [6.07, 6.45) is 65.8. The van der Waals surface area contributed by atoms with Crippen molar-refractivity contribution < 1.29 is 24.5 Å². The molecule has 0 aliphatic carbocycles. The second kappa shape index (κ2) is 53.7. The third-order valence-corrected chi connectivity index (χ3v) is 12.9. The Morgan fingerprint density at radius 1 is 0.422 bits per heavy atom. The number of carbonyl (C=O) groups excluding carboxylic acids is 2. The molecule has 3 N–H and O–H groups in total. The fourth-order valence-corrected chi connectivity index (χ4v) is 8.50. The van der Waals surface area contributed by atoms with Gasteiger partial charge in [-0.1, -0.05) is 237 Å². The van der Waals surface area contributed by atoms with E-state index in [9.17, 15) is 19.8 Å². The van der Waals surface area contributed by atoms with Gasteiger partial charge in [0.2, 0.25) is 5.91 Å². The Labute approximate surface area is 398 Å². The van der Waals surface area contributed by atoms with Crippen LogP contribution < -0.4 is 5.32 Å². The van der Waals surface area contributed by atoms with Crippen molar-refractivity contribution in [2.24, 2.45) is 0 Å². The molecule has 1 amide bonds. The lowest BCUT2D eigenvalue weighted by atomic mass is 10.0. The second-order valence-electron chi connectivity index (χ2n) is 19.3. The number of aliphatic hydroxyl groups excluding tert-OH is 2. The first-order chi connectivity index (χ1) is 31.5. The topological polar surface area (TPSA) is 95.9 Å². The number of amides is 1. The van der Waals surface area contributed by atoms with Gasteiger partial charge in [-0.25, -0.2) is 0 Å². The smallest absolute Gasteiger partial charge is 0.305 e. The maximum atomic E-state index is 12.4. The highest BCUT2D eigenvalue weighted by molar-refractivity contribution is 5.76. The first-order valence-electron chi connectivity index (χ1n) is 28.3. The Balaban J connectivity index is 3.50. The van der Waals surface area contributed by atoms with E-state index in [1.54, 1.807) is 6.08 Å². The monoisotopic (exact) mass is 900 g/mol. The van der Waals surface area contributed by atoms with Crippen LogP contribution in [0.4, 0.5) is 0 Å². The summed E-state index contributed by atoms with van der Waals surface area (Å²) in [6, 6.07) is -0.639. The quantitative estimate of drug-likeness (QED) is 0.0321. The minimum atomic E-state index is -0.854. The van der Waals surface area contributed by atoms with Crippen LogP contribution in [-0.4, -0.2) is 47.4 Å².